The average Bonchev–Trinajstić information content (AvgIpc) is 2.89. The average molecular weight is 306 g/mol. The fourth-order valence-electron chi connectivity index (χ4n) is 3.62. The van der Waals surface area contributed by atoms with E-state index in [1.807, 2.05) is 11.3 Å². The van der Waals surface area contributed by atoms with Gasteiger partial charge in [-0.15, -0.1) is 4.57 Å². The van der Waals surface area contributed by atoms with Gasteiger partial charge < -0.3 is 0 Å². The quantitative estimate of drug-likeness (QED) is 0.558. The van der Waals surface area contributed by atoms with Crippen molar-refractivity contribution in [2.45, 2.75) is 32.1 Å². The number of hydrogen-bond donors (Lipinski definition) is 0. The molecule has 0 unspecified atom stereocenters. The molecule has 1 aliphatic rings. The maximum absolute atomic E-state index is 2.42. The van der Waals surface area contributed by atoms with Crippen LogP contribution in [-0.2, 0) is 5.41 Å². The van der Waals surface area contributed by atoms with Crippen molar-refractivity contribution < 1.29 is 4.57 Å². The number of benzene rings is 2. The number of nitrogens with zero attached hydrogens (tertiary/aromatic N) is 1. The Morgan fingerprint density at radius 1 is 0.955 bits per heavy atom. The van der Waals surface area contributed by atoms with Crippen molar-refractivity contribution in [1.82, 2.24) is 0 Å². The molecule has 0 fully saturated rings. The van der Waals surface area contributed by atoms with Crippen LogP contribution in [0.25, 0.3) is 27.0 Å². The van der Waals surface area contributed by atoms with Gasteiger partial charge in [-0.25, -0.2) is 0 Å². The zero-order chi connectivity index (χ0) is 15.2. The van der Waals surface area contributed by atoms with Gasteiger partial charge in [0.05, 0.1) is 5.56 Å². The van der Waals surface area contributed by atoms with Crippen LogP contribution in [0.4, 0.5) is 0 Å². The Morgan fingerprint density at radius 3 is 2.50 bits per heavy atom. The van der Waals surface area contributed by atoms with Crippen molar-refractivity contribution in [2.75, 3.05) is 0 Å². The molecule has 0 N–H and O–H groups in total. The lowest BCUT2D eigenvalue weighted by Crippen LogP contribution is -2.26. The monoisotopic (exact) mass is 306 g/mol. The van der Waals surface area contributed by atoms with E-state index in [0.717, 1.165) is 12.8 Å². The first-order valence-electron chi connectivity index (χ1n) is 8.01. The molecule has 0 amide bonds. The van der Waals surface area contributed by atoms with E-state index in [1.54, 1.807) is 0 Å². The molecular formula is C20H20NS+. The van der Waals surface area contributed by atoms with Crippen molar-refractivity contribution in [2.24, 2.45) is 0 Å². The summed E-state index contributed by atoms with van der Waals surface area (Å²) in [5.74, 6) is 0. The van der Waals surface area contributed by atoms with Gasteiger partial charge in [-0.3, -0.25) is 0 Å². The van der Waals surface area contributed by atoms with Crippen LogP contribution in [0.3, 0.4) is 0 Å². The highest BCUT2D eigenvalue weighted by molar-refractivity contribution is 7.21. The summed E-state index contributed by atoms with van der Waals surface area (Å²) < 4.78 is 3.71. The zero-order valence-electron chi connectivity index (χ0n) is 13.0. The molecule has 1 aromatic heterocycles. The largest absolute Gasteiger partial charge is 0.275 e. The summed E-state index contributed by atoms with van der Waals surface area (Å²) >= 11 is 1.89. The van der Waals surface area contributed by atoms with Gasteiger partial charge in [-0.2, -0.15) is 0 Å². The predicted octanol–water partition coefficient (Wildman–Crippen LogP) is 5.40. The fraction of sp³-hybridized carbons (Fsp3) is 0.250. The van der Waals surface area contributed by atoms with E-state index >= 15 is 0 Å². The lowest BCUT2D eigenvalue weighted by atomic mass is 9.74. The number of allylic oxidation sites excluding steroid dienone is 1. The molecule has 22 heavy (non-hydrogen) atoms. The third-order valence-corrected chi connectivity index (χ3v) is 6.22. The molecule has 0 spiro atoms. The standard InChI is InChI=1S/C20H20NS/c1-3-20(4-2)13-14-21-17-11-7-8-12-18(17)22-19(21)15-9-5-6-10-16(15)20/h5-14H,3-4H2,1-2H3/q+1. The van der Waals surface area contributed by atoms with Crippen LogP contribution >= 0.6 is 11.3 Å². The summed E-state index contributed by atoms with van der Waals surface area (Å²) in [6, 6.07) is 17.6. The summed E-state index contributed by atoms with van der Waals surface area (Å²) in [5.41, 5.74) is 4.30. The number of aromatic nitrogens is 1. The summed E-state index contributed by atoms with van der Waals surface area (Å²) in [6.45, 7) is 4.60. The van der Waals surface area contributed by atoms with Crippen LogP contribution in [0.1, 0.15) is 32.3 Å². The number of rotatable bonds is 2. The second-order valence-corrected chi connectivity index (χ2v) is 7.00. The van der Waals surface area contributed by atoms with Crippen LogP contribution in [-0.4, -0.2) is 0 Å². The van der Waals surface area contributed by atoms with Gasteiger partial charge in [0.15, 0.2) is 6.20 Å². The van der Waals surface area contributed by atoms with Crippen LogP contribution in [0, 0.1) is 0 Å². The molecule has 0 atom stereocenters. The van der Waals surface area contributed by atoms with Gasteiger partial charge in [-0.1, -0.05) is 55.5 Å². The first-order valence-corrected chi connectivity index (χ1v) is 8.83. The molecule has 2 aromatic carbocycles. The summed E-state index contributed by atoms with van der Waals surface area (Å²) in [6.07, 6.45) is 6.97. The van der Waals surface area contributed by atoms with Crippen molar-refractivity contribution >= 4 is 27.8 Å². The summed E-state index contributed by atoms with van der Waals surface area (Å²) in [7, 11) is 0. The van der Waals surface area contributed by atoms with Crippen molar-refractivity contribution in [3.05, 3.63) is 60.2 Å². The molecule has 0 saturated carbocycles. The van der Waals surface area contributed by atoms with Crippen LogP contribution in [0.2, 0.25) is 0 Å². The molecule has 2 heteroatoms. The maximum atomic E-state index is 2.42. The second-order valence-electron chi connectivity index (χ2n) is 5.97. The van der Waals surface area contributed by atoms with E-state index in [9.17, 15) is 0 Å². The van der Waals surface area contributed by atoms with Gasteiger partial charge in [0.1, 0.15) is 4.70 Å². The highest BCUT2D eigenvalue weighted by atomic mass is 32.1. The molecule has 4 rings (SSSR count). The summed E-state index contributed by atoms with van der Waals surface area (Å²) in [4.78, 5) is 0. The van der Waals surface area contributed by atoms with Crippen LogP contribution in [0.15, 0.2) is 54.6 Å². The minimum Gasteiger partial charge on any atom is -0.150 e. The van der Waals surface area contributed by atoms with Crippen molar-refractivity contribution in [3.8, 4) is 10.6 Å². The molecule has 0 bridgehead atoms. The van der Waals surface area contributed by atoms with Gasteiger partial charge in [0.25, 0.3) is 5.01 Å². The Kier molecular flexibility index (Phi) is 3.16. The summed E-state index contributed by atoms with van der Waals surface area (Å²) in [5, 5.41) is 1.34. The molecule has 110 valence electrons. The normalized spacial score (nSPS) is 15.4. The number of hydrogen-bond acceptors (Lipinski definition) is 1. The highest BCUT2D eigenvalue weighted by Crippen LogP contribution is 2.42. The SMILES string of the molecule is CCC1(CC)C=C[n+]2c(sc3ccccc32)-c2ccccc21. The topological polar surface area (TPSA) is 3.88 Å². The Morgan fingerprint density at radius 2 is 1.68 bits per heavy atom. The highest BCUT2D eigenvalue weighted by Gasteiger charge is 2.35. The molecule has 3 aromatic rings. The molecule has 0 radical (unpaired) electrons. The van der Waals surface area contributed by atoms with E-state index in [-0.39, 0.29) is 5.41 Å². The number of fused-ring (bicyclic) bond motifs is 5. The fourth-order valence-corrected chi connectivity index (χ4v) is 4.79. The molecule has 1 aliphatic heterocycles. The first-order chi connectivity index (χ1) is 10.8. The third kappa shape index (κ3) is 1.80. The smallest absolute Gasteiger partial charge is 0.150 e. The molecule has 2 heterocycles. The zero-order valence-corrected chi connectivity index (χ0v) is 13.9. The molecule has 1 nitrogen and oxygen atoms in total. The molecular weight excluding hydrogens is 286 g/mol. The number of thiazole rings is 1. The minimum absolute atomic E-state index is 0.142. The van der Waals surface area contributed by atoms with Gasteiger partial charge >= 0.3 is 0 Å². The maximum Gasteiger partial charge on any atom is 0.275 e. The molecule has 0 saturated heterocycles. The van der Waals surface area contributed by atoms with E-state index in [0.29, 0.717) is 0 Å². The van der Waals surface area contributed by atoms with Gasteiger partial charge in [0.2, 0.25) is 5.52 Å². The molecule has 0 aliphatic carbocycles. The minimum atomic E-state index is 0.142. The van der Waals surface area contributed by atoms with Gasteiger partial charge in [-0.05, 0) is 36.6 Å². The lowest BCUT2D eigenvalue weighted by molar-refractivity contribution is -0.521. The predicted molar refractivity (Wildman–Crippen MR) is 95.0 cm³/mol. The van der Waals surface area contributed by atoms with Crippen LogP contribution in [0.5, 0.6) is 0 Å². The Balaban J connectivity index is 2.11. The lowest BCUT2D eigenvalue weighted by Gasteiger charge is -2.28. The van der Waals surface area contributed by atoms with E-state index in [1.165, 1.54) is 26.4 Å². The Hall–Kier alpha value is -1.93. The van der Waals surface area contributed by atoms with Crippen molar-refractivity contribution in [3.63, 3.8) is 0 Å². The first kappa shape index (κ1) is 13.7. The number of para-hydroxylation sites is 1. The van der Waals surface area contributed by atoms with E-state index < -0.39 is 0 Å². The second kappa shape index (κ2) is 5.06. The Bertz CT molecular complexity index is 868. The third-order valence-electron chi connectivity index (χ3n) is 5.05. The van der Waals surface area contributed by atoms with Gasteiger partial charge in [0, 0.05) is 11.5 Å². The van der Waals surface area contributed by atoms with E-state index in [4.69, 9.17) is 0 Å². The Labute approximate surface area is 135 Å². The van der Waals surface area contributed by atoms with Crippen molar-refractivity contribution in [1.29, 1.82) is 0 Å². The van der Waals surface area contributed by atoms with Crippen LogP contribution < -0.4 is 4.57 Å². The van der Waals surface area contributed by atoms with E-state index in [2.05, 4.69) is 79.2 Å².